The first-order chi connectivity index (χ1) is 10.2. The molecule has 0 fully saturated rings. The molecule has 5 heteroatoms. The second kappa shape index (κ2) is 7.69. The van der Waals surface area contributed by atoms with Gasteiger partial charge in [-0.25, -0.2) is 0 Å². The van der Waals surface area contributed by atoms with Gasteiger partial charge in [-0.15, -0.1) is 11.3 Å². The summed E-state index contributed by atoms with van der Waals surface area (Å²) in [6, 6.07) is 11.2. The SMILES string of the molecule is COc1ccc(OC[C@H](C)NC(=O)Cc2cccs2)cc1. The maximum atomic E-state index is 11.8. The number of ether oxygens (including phenoxy) is 2. The molecular weight excluding hydrogens is 286 g/mol. The Balaban J connectivity index is 1.73. The third kappa shape index (κ3) is 5.11. The second-order valence-corrected chi connectivity index (χ2v) is 5.74. The lowest BCUT2D eigenvalue weighted by Crippen LogP contribution is -2.37. The van der Waals surface area contributed by atoms with E-state index in [4.69, 9.17) is 9.47 Å². The van der Waals surface area contributed by atoms with E-state index in [0.29, 0.717) is 13.0 Å². The molecule has 1 heterocycles. The first kappa shape index (κ1) is 15.4. The van der Waals surface area contributed by atoms with Gasteiger partial charge in [0.05, 0.1) is 19.6 Å². The predicted molar refractivity (Wildman–Crippen MR) is 84.1 cm³/mol. The molecule has 0 aliphatic carbocycles. The van der Waals surface area contributed by atoms with E-state index in [1.807, 2.05) is 48.7 Å². The molecule has 2 rings (SSSR count). The summed E-state index contributed by atoms with van der Waals surface area (Å²) in [7, 11) is 1.63. The largest absolute Gasteiger partial charge is 0.497 e. The van der Waals surface area contributed by atoms with Crippen LogP contribution in [-0.2, 0) is 11.2 Å². The fourth-order valence-electron chi connectivity index (χ4n) is 1.83. The van der Waals surface area contributed by atoms with Crippen LogP contribution in [0.4, 0.5) is 0 Å². The molecule has 2 aromatic rings. The van der Waals surface area contributed by atoms with Gasteiger partial charge in [0.2, 0.25) is 5.91 Å². The molecule has 21 heavy (non-hydrogen) atoms. The third-order valence-corrected chi connectivity index (χ3v) is 3.76. The van der Waals surface area contributed by atoms with Crippen LogP contribution >= 0.6 is 11.3 Å². The van der Waals surface area contributed by atoms with Crippen molar-refractivity contribution in [3.05, 3.63) is 46.7 Å². The van der Waals surface area contributed by atoms with Gasteiger partial charge in [-0.05, 0) is 42.6 Å². The van der Waals surface area contributed by atoms with Gasteiger partial charge in [0.25, 0.3) is 0 Å². The van der Waals surface area contributed by atoms with Crippen LogP contribution in [0.2, 0.25) is 0 Å². The summed E-state index contributed by atoms with van der Waals surface area (Å²) in [5.41, 5.74) is 0. The lowest BCUT2D eigenvalue weighted by molar-refractivity contribution is -0.121. The Kier molecular flexibility index (Phi) is 5.63. The lowest BCUT2D eigenvalue weighted by atomic mass is 10.3. The minimum atomic E-state index is -0.0421. The number of methoxy groups -OCH3 is 1. The number of nitrogens with one attached hydrogen (secondary N) is 1. The van der Waals surface area contributed by atoms with E-state index < -0.39 is 0 Å². The zero-order chi connectivity index (χ0) is 15.1. The topological polar surface area (TPSA) is 47.6 Å². The highest BCUT2D eigenvalue weighted by Gasteiger charge is 2.09. The van der Waals surface area contributed by atoms with Crippen molar-refractivity contribution in [2.75, 3.05) is 13.7 Å². The van der Waals surface area contributed by atoms with Crippen molar-refractivity contribution in [2.45, 2.75) is 19.4 Å². The van der Waals surface area contributed by atoms with Gasteiger partial charge in [0.15, 0.2) is 0 Å². The van der Waals surface area contributed by atoms with Gasteiger partial charge in [-0.3, -0.25) is 4.79 Å². The highest BCUT2D eigenvalue weighted by molar-refractivity contribution is 7.10. The highest BCUT2D eigenvalue weighted by atomic mass is 32.1. The van der Waals surface area contributed by atoms with Gasteiger partial charge in [0, 0.05) is 4.88 Å². The van der Waals surface area contributed by atoms with Crippen LogP contribution in [-0.4, -0.2) is 25.7 Å². The summed E-state index contributed by atoms with van der Waals surface area (Å²) in [6.07, 6.45) is 0.421. The van der Waals surface area contributed by atoms with Crippen molar-refractivity contribution in [3.63, 3.8) is 0 Å². The molecular formula is C16H19NO3S. The van der Waals surface area contributed by atoms with Crippen molar-refractivity contribution in [1.82, 2.24) is 5.32 Å². The molecule has 0 radical (unpaired) electrons. The second-order valence-electron chi connectivity index (χ2n) is 4.71. The Labute approximate surface area is 128 Å². The van der Waals surface area contributed by atoms with E-state index in [1.54, 1.807) is 18.4 Å². The summed E-state index contributed by atoms with van der Waals surface area (Å²) in [5.74, 6) is 1.57. The Morgan fingerprint density at radius 3 is 2.57 bits per heavy atom. The average Bonchev–Trinajstić information content (AvgIpc) is 2.98. The molecule has 1 N–H and O–H groups in total. The molecule has 0 aliphatic rings. The van der Waals surface area contributed by atoms with Gasteiger partial charge in [-0.2, -0.15) is 0 Å². The molecule has 0 spiro atoms. The van der Waals surface area contributed by atoms with Gasteiger partial charge < -0.3 is 14.8 Å². The third-order valence-electron chi connectivity index (χ3n) is 2.88. The van der Waals surface area contributed by atoms with Crippen LogP contribution in [0.1, 0.15) is 11.8 Å². The zero-order valence-electron chi connectivity index (χ0n) is 12.2. The van der Waals surface area contributed by atoms with Crippen LogP contribution < -0.4 is 14.8 Å². The van der Waals surface area contributed by atoms with Crippen LogP contribution in [0, 0.1) is 0 Å². The maximum absolute atomic E-state index is 11.8. The van der Waals surface area contributed by atoms with Crippen molar-refractivity contribution >= 4 is 17.2 Å². The normalized spacial score (nSPS) is 11.7. The summed E-state index contributed by atoms with van der Waals surface area (Å²) in [6.45, 7) is 2.36. The van der Waals surface area contributed by atoms with E-state index >= 15 is 0 Å². The fourth-order valence-corrected chi connectivity index (χ4v) is 2.54. The van der Waals surface area contributed by atoms with E-state index in [1.165, 1.54) is 0 Å². The lowest BCUT2D eigenvalue weighted by Gasteiger charge is -2.15. The van der Waals surface area contributed by atoms with Crippen molar-refractivity contribution in [1.29, 1.82) is 0 Å². The minimum absolute atomic E-state index is 0.0169. The molecule has 1 aromatic heterocycles. The van der Waals surface area contributed by atoms with Crippen LogP contribution in [0.15, 0.2) is 41.8 Å². The van der Waals surface area contributed by atoms with E-state index in [2.05, 4.69) is 5.32 Å². The molecule has 0 bridgehead atoms. The van der Waals surface area contributed by atoms with Crippen molar-refractivity contribution < 1.29 is 14.3 Å². The highest BCUT2D eigenvalue weighted by Crippen LogP contribution is 2.17. The Hall–Kier alpha value is -2.01. The molecule has 0 unspecified atom stereocenters. The number of thiophene rings is 1. The van der Waals surface area contributed by atoms with Crippen LogP contribution in [0.3, 0.4) is 0 Å². The average molecular weight is 305 g/mol. The first-order valence-electron chi connectivity index (χ1n) is 6.76. The Morgan fingerprint density at radius 2 is 1.95 bits per heavy atom. The smallest absolute Gasteiger partial charge is 0.225 e. The molecule has 0 saturated heterocycles. The molecule has 0 aliphatic heterocycles. The summed E-state index contributed by atoms with van der Waals surface area (Å²) in [5, 5.41) is 4.90. The minimum Gasteiger partial charge on any atom is -0.497 e. The number of hydrogen-bond acceptors (Lipinski definition) is 4. The van der Waals surface area contributed by atoms with Crippen molar-refractivity contribution in [2.24, 2.45) is 0 Å². The summed E-state index contributed by atoms with van der Waals surface area (Å²) < 4.78 is 10.7. The van der Waals surface area contributed by atoms with E-state index in [-0.39, 0.29) is 11.9 Å². The summed E-state index contributed by atoms with van der Waals surface area (Å²) >= 11 is 1.59. The van der Waals surface area contributed by atoms with Crippen LogP contribution in [0.25, 0.3) is 0 Å². The van der Waals surface area contributed by atoms with Gasteiger partial charge >= 0.3 is 0 Å². The molecule has 1 amide bonds. The fraction of sp³-hybridized carbons (Fsp3) is 0.312. The van der Waals surface area contributed by atoms with Crippen LogP contribution in [0.5, 0.6) is 11.5 Å². The van der Waals surface area contributed by atoms with Gasteiger partial charge in [0.1, 0.15) is 18.1 Å². The molecule has 0 saturated carbocycles. The number of carbonyl (C=O) groups is 1. The standard InChI is InChI=1S/C16H19NO3S/c1-12(17-16(18)10-15-4-3-9-21-15)11-20-14-7-5-13(19-2)6-8-14/h3-9,12H,10-11H2,1-2H3,(H,17,18)/t12-/m0/s1. The van der Waals surface area contributed by atoms with Crippen molar-refractivity contribution in [3.8, 4) is 11.5 Å². The number of carbonyl (C=O) groups excluding carboxylic acids is 1. The molecule has 1 atom stereocenters. The van der Waals surface area contributed by atoms with Gasteiger partial charge in [-0.1, -0.05) is 6.07 Å². The Bertz CT molecular complexity index is 551. The number of amides is 1. The quantitative estimate of drug-likeness (QED) is 0.855. The molecule has 112 valence electrons. The molecule has 4 nitrogen and oxygen atoms in total. The molecule has 1 aromatic carbocycles. The monoisotopic (exact) mass is 305 g/mol. The number of hydrogen-bond donors (Lipinski definition) is 1. The number of benzene rings is 1. The summed E-state index contributed by atoms with van der Waals surface area (Å²) in [4.78, 5) is 12.9. The maximum Gasteiger partial charge on any atom is 0.225 e. The first-order valence-corrected chi connectivity index (χ1v) is 7.64. The van der Waals surface area contributed by atoms with E-state index in [0.717, 1.165) is 16.4 Å². The predicted octanol–water partition coefficient (Wildman–Crippen LogP) is 2.88. The Morgan fingerprint density at radius 1 is 1.24 bits per heavy atom. The zero-order valence-corrected chi connectivity index (χ0v) is 13.0. The van der Waals surface area contributed by atoms with E-state index in [9.17, 15) is 4.79 Å². The number of rotatable bonds is 7.